The summed E-state index contributed by atoms with van der Waals surface area (Å²) in [6.45, 7) is 2.09. The van der Waals surface area contributed by atoms with E-state index in [0.717, 1.165) is 26.6 Å². The lowest BCUT2D eigenvalue weighted by Gasteiger charge is -2.15. The van der Waals surface area contributed by atoms with E-state index in [2.05, 4.69) is 48.3 Å². The fourth-order valence-electron chi connectivity index (χ4n) is 2.13. The third kappa shape index (κ3) is 4.24. The topological polar surface area (TPSA) is 70.9 Å². The van der Waals surface area contributed by atoms with Gasteiger partial charge in [-0.25, -0.2) is 15.0 Å². The van der Waals surface area contributed by atoms with Crippen LogP contribution in [-0.4, -0.2) is 32.7 Å². The molecule has 3 rings (SSSR count). The molecule has 0 saturated carbocycles. The van der Waals surface area contributed by atoms with Crippen molar-refractivity contribution in [1.29, 1.82) is 0 Å². The number of hydrogen-bond donors (Lipinski definition) is 2. The highest BCUT2D eigenvalue weighted by molar-refractivity contribution is 9.11. The average Bonchev–Trinajstić information content (AvgIpc) is 2.99. The zero-order valence-corrected chi connectivity index (χ0v) is 16.3. The molecule has 3 aromatic rings. The number of aliphatic hydroxyl groups is 1. The van der Waals surface area contributed by atoms with Gasteiger partial charge in [-0.1, -0.05) is 49.0 Å². The number of hydrogen-bond acceptors (Lipinski definition) is 7. The summed E-state index contributed by atoms with van der Waals surface area (Å²) in [5, 5.41) is 13.4. The third-order valence-corrected chi connectivity index (χ3v) is 5.89. The fraction of sp³-hybridized carbons (Fsp3) is 0.312. The number of rotatable bonds is 7. The van der Waals surface area contributed by atoms with Crippen molar-refractivity contribution < 1.29 is 5.11 Å². The van der Waals surface area contributed by atoms with Crippen molar-refractivity contribution in [3.8, 4) is 0 Å². The molecule has 0 aliphatic heterocycles. The molecule has 0 spiro atoms. The van der Waals surface area contributed by atoms with Gasteiger partial charge in [-0.05, 0) is 27.9 Å². The van der Waals surface area contributed by atoms with Crippen molar-refractivity contribution in [2.24, 2.45) is 0 Å². The van der Waals surface area contributed by atoms with Crippen LogP contribution in [-0.2, 0) is 5.75 Å². The summed E-state index contributed by atoms with van der Waals surface area (Å²) < 4.78 is 1.68. The van der Waals surface area contributed by atoms with Crippen LogP contribution in [0.2, 0.25) is 0 Å². The minimum absolute atomic E-state index is 0.0315. The first-order valence-corrected chi connectivity index (χ1v) is 10.2. The summed E-state index contributed by atoms with van der Waals surface area (Å²) >= 11 is 6.49. The Bertz CT molecular complexity index is 808. The minimum Gasteiger partial charge on any atom is -0.394 e. The summed E-state index contributed by atoms with van der Waals surface area (Å²) in [5.41, 5.74) is 1.90. The Balaban J connectivity index is 1.88. The van der Waals surface area contributed by atoms with Crippen LogP contribution in [0.4, 0.5) is 5.82 Å². The summed E-state index contributed by atoms with van der Waals surface area (Å²) in [7, 11) is 0. The molecule has 5 nitrogen and oxygen atoms in total. The molecule has 24 heavy (non-hydrogen) atoms. The standard InChI is InChI=1S/C16H17BrN4OS2/c1-2-11(8-22)18-13-12-14(19-15(17)24-12)21-16(20-13)23-9-10-6-4-3-5-7-10/h3-7,11,22H,2,8-9H2,1H3,(H,18,20,21)/t11-/m1/s1. The van der Waals surface area contributed by atoms with E-state index in [-0.39, 0.29) is 12.6 Å². The Kier molecular flexibility index (Phi) is 6.04. The molecule has 126 valence electrons. The van der Waals surface area contributed by atoms with Gasteiger partial charge in [0.15, 0.2) is 20.5 Å². The highest BCUT2D eigenvalue weighted by Gasteiger charge is 2.15. The number of aromatic nitrogens is 3. The Hall–Kier alpha value is -1.22. The zero-order chi connectivity index (χ0) is 16.9. The van der Waals surface area contributed by atoms with Gasteiger partial charge in [-0.15, -0.1) is 11.3 Å². The van der Waals surface area contributed by atoms with Crippen molar-refractivity contribution in [3.05, 3.63) is 39.8 Å². The van der Waals surface area contributed by atoms with Gasteiger partial charge >= 0.3 is 0 Å². The summed E-state index contributed by atoms with van der Waals surface area (Å²) in [5.74, 6) is 1.54. The van der Waals surface area contributed by atoms with E-state index in [1.54, 1.807) is 11.8 Å². The third-order valence-electron chi connectivity index (χ3n) is 3.47. The molecule has 0 aliphatic rings. The molecule has 0 bridgehead atoms. The number of nitrogens with one attached hydrogen (secondary N) is 1. The van der Waals surface area contributed by atoms with Gasteiger partial charge in [-0.3, -0.25) is 0 Å². The molecule has 0 aliphatic carbocycles. The van der Waals surface area contributed by atoms with E-state index < -0.39 is 0 Å². The maximum Gasteiger partial charge on any atom is 0.191 e. The lowest BCUT2D eigenvalue weighted by atomic mass is 10.2. The highest BCUT2D eigenvalue weighted by Crippen LogP contribution is 2.33. The number of aliphatic hydroxyl groups excluding tert-OH is 1. The minimum atomic E-state index is -0.0315. The van der Waals surface area contributed by atoms with Gasteiger partial charge in [0.25, 0.3) is 0 Å². The number of thioether (sulfide) groups is 1. The molecule has 0 amide bonds. The Labute approximate surface area is 157 Å². The van der Waals surface area contributed by atoms with Crippen LogP contribution in [0.5, 0.6) is 0 Å². The van der Waals surface area contributed by atoms with Crippen LogP contribution >= 0.6 is 39.0 Å². The van der Waals surface area contributed by atoms with Gasteiger partial charge < -0.3 is 10.4 Å². The van der Waals surface area contributed by atoms with Crippen LogP contribution in [0.1, 0.15) is 18.9 Å². The van der Waals surface area contributed by atoms with Crippen molar-refractivity contribution >= 4 is 55.2 Å². The van der Waals surface area contributed by atoms with Gasteiger partial charge in [-0.2, -0.15) is 0 Å². The molecule has 2 aromatic heterocycles. The Morgan fingerprint density at radius 1 is 1.25 bits per heavy atom. The molecule has 0 radical (unpaired) electrons. The molecule has 1 atom stereocenters. The van der Waals surface area contributed by atoms with Crippen LogP contribution in [0.3, 0.4) is 0 Å². The number of fused-ring (bicyclic) bond motifs is 1. The Morgan fingerprint density at radius 2 is 2.04 bits per heavy atom. The predicted octanol–water partition coefficient (Wildman–Crippen LogP) is 4.32. The number of halogens is 1. The second-order valence-corrected chi connectivity index (χ2v) is 8.40. The first-order valence-electron chi connectivity index (χ1n) is 7.57. The van der Waals surface area contributed by atoms with Crippen LogP contribution in [0.25, 0.3) is 10.3 Å². The van der Waals surface area contributed by atoms with Crippen molar-refractivity contribution in [2.75, 3.05) is 11.9 Å². The van der Waals surface area contributed by atoms with Crippen LogP contribution in [0.15, 0.2) is 39.4 Å². The van der Waals surface area contributed by atoms with Crippen molar-refractivity contribution in [2.45, 2.75) is 30.3 Å². The van der Waals surface area contributed by atoms with E-state index in [1.807, 2.05) is 25.1 Å². The first-order chi connectivity index (χ1) is 11.7. The lowest BCUT2D eigenvalue weighted by molar-refractivity contribution is 0.271. The summed E-state index contributed by atoms with van der Waals surface area (Å²) in [6, 6.07) is 10.2. The Morgan fingerprint density at radius 3 is 2.75 bits per heavy atom. The first kappa shape index (κ1) is 17.6. The molecule has 2 N–H and O–H groups in total. The van der Waals surface area contributed by atoms with Gasteiger partial charge in [0.2, 0.25) is 0 Å². The van der Waals surface area contributed by atoms with E-state index in [1.165, 1.54) is 16.9 Å². The maximum atomic E-state index is 9.45. The molecule has 1 aromatic carbocycles. The maximum absolute atomic E-state index is 9.45. The van der Waals surface area contributed by atoms with E-state index >= 15 is 0 Å². The van der Waals surface area contributed by atoms with E-state index in [0.29, 0.717) is 10.8 Å². The molecular weight excluding hydrogens is 408 g/mol. The fourth-order valence-corrected chi connectivity index (χ4v) is 4.27. The number of nitrogens with zero attached hydrogens (tertiary/aromatic N) is 3. The number of thiazole rings is 1. The van der Waals surface area contributed by atoms with Gasteiger partial charge in [0, 0.05) is 5.75 Å². The predicted molar refractivity (Wildman–Crippen MR) is 104 cm³/mol. The SMILES string of the molecule is CC[C@H](CO)Nc1nc(SCc2ccccc2)nc2nc(Br)sc12. The van der Waals surface area contributed by atoms with E-state index in [4.69, 9.17) is 0 Å². The monoisotopic (exact) mass is 424 g/mol. The van der Waals surface area contributed by atoms with Crippen LogP contribution in [0, 0.1) is 0 Å². The number of benzene rings is 1. The second-order valence-electron chi connectivity index (χ2n) is 5.18. The lowest BCUT2D eigenvalue weighted by Crippen LogP contribution is -2.23. The largest absolute Gasteiger partial charge is 0.394 e. The molecule has 8 heteroatoms. The zero-order valence-electron chi connectivity index (χ0n) is 13.1. The van der Waals surface area contributed by atoms with Crippen molar-refractivity contribution in [3.63, 3.8) is 0 Å². The summed E-state index contributed by atoms with van der Waals surface area (Å²) in [6.07, 6.45) is 0.814. The smallest absolute Gasteiger partial charge is 0.191 e. The normalized spacial score (nSPS) is 12.5. The molecular formula is C16H17BrN4OS2. The molecule has 2 heterocycles. The molecule has 0 unspecified atom stereocenters. The van der Waals surface area contributed by atoms with E-state index in [9.17, 15) is 5.11 Å². The quantitative estimate of drug-likeness (QED) is 0.434. The van der Waals surface area contributed by atoms with Crippen LogP contribution < -0.4 is 5.32 Å². The molecule has 0 fully saturated rings. The van der Waals surface area contributed by atoms with Crippen molar-refractivity contribution in [1.82, 2.24) is 15.0 Å². The van der Waals surface area contributed by atoms with Gasteiger partial charge in [0.1, 0.15) is 4.70 Å². The average molecular weight is 425 g/mol. The van der Waals surface area contributed by atoms with Gasteiger partial charge in [0.05, 0.1) is 12.6 Å². The number of anilines is 1. The highest BCUT2D eigenvalue weighted by atomic mass is 79.9. The second kappa shape index (κ2) is 8.24. The molecule has 0 saturated heterocycles. The summed E-state index contributed by atoms with van der Waals surface area (Å²) in [4.78, 5) is 13.6.